The van der Waals surface area contributed by atoms with Crippen molar-refractivity contribution >= 4 is 51.4 Å². The zero-order chi connectivity index (χ0) is 22.5. The Morgan fingerprint density at radius 3 is 2.69 bits per heavy atom. The lowest BCUT2D eigenvalue weighted by atomic mass is 10.2. The highest BCUT2D eigenvalue weighted by molar-refractivity contribution is 7.99. The number of thioether (sulfide) groups is 1. The Bertz CT molecular complexity index is 1230. The standard InChI is InChI=1S/C20H19N7O2S3/c1-12-5-3-6-14(9-12)27-16(10-21-18(29)15-7-4-8-30-15)24-26-20(27)31-11-17(28)22-19-25-23-13(2)32-19/h3-9H,10-11H2,1-2H3,(H,21,29)(H,22,25,28). The van der Waals surface area contributed by atoms with Crippen LogP contribution in [0.25, 0.3) is 5.69 Å². The number of aryl methyl sites for hydroxylation is 2. The number of nitrogens with one attached hydrogen (secondary N) is 2. The highest BCUT2D eigenvalue weighted by Gasteiger charge is 2.18. The van der Waals surface area contributed by atoms with Crippen LogP contribution in [0, 0.1) is 13.8 Å². The van der Waals surface area contributed by atoms with Crippen LogP contribution in [0.4, 0.5) is 5.13 Å². The Morgan fingerprint density at radius 2 is 1.97 bits per heavy atom. The summed E-state index contributed by atoms with van der Waals surface area (Å²) in [4.78, 5) is 25.3. The number of anilines is 1. The first-order valence-electron chi connectivity index (χ1n) is 9.55. The van der Waals surface area contributed by atoms with Gasteiger partial charge in [0, 0.05) is 5.69 Å². The van der Waals surface area contributed by atoms with Gasteiger partial charge in [-0.3, -0.25) is 19.5 Å². The zero-order valence-electron chi connectivity index (χ0n) is 17.2. The lowest BCUT2D eigenvalue weighted by molar-refractivity contribution is -0.113. The van der Waals surface area contributed by atoms with Crippen molar-refractivity contribution in [3.63, 3.8) is 0 Å². The van der Waals surface area contributed by atoms with Crippen molar-refractivity contribution in [2.75, 3.05) is 11.1 Å². The van der Waals surface area contributed by atoms with E-state index >= 15 is 0 Å². The predicted molar refractivity (Wildman–Crippen MR) is 126 cm³/mol. The number of rotatable bonds is 8. The first-order valence-corrected chi connectivity index (χ1v) is 12.2. The smallest absolute Gasteiger partial charge is 0.261 e. The molecule has 3 aromatic heterocycles. The molecular weight excluding hydrogens is 466 g/mol. The van der Waals surface area contributed by atoms with Gasteiger partial charge in [-0.05, 0) is 43.0 Å². The van der Waals surface area contributed by atoms with Gasteiger partial charge in [0.1, 0.15) is 5.01 Å². The van der Waals surface area contributed by atoms with Crippen LogP contribution in [-0.2, 0) is 11.3 Å². The number of carbonyl (C=O) groups is 2. The van der Waals surface area contributed by atoms with Gasteiger partial charge in [0.2, 0.25) is 11.0 Å². The second kappa shape index (κ2) is 10.0. The van der Waals surface area contributed by atoms with E-state index in [-0.39, 0.29) is 24.1 Å². The quantitative estimate of drug-likeness (QED) is 0.367. The van der Waals surface area contributed by atoms with Gasteiger partial charge in [0.25, 0.3) is 5.91 Å². The lowest BCUT2D eigenvalue weighted by Crippen LogP contribution is -2.24. The largest absolute Gasteiger partial charge is 0.344 e. The fourth-order valence-corrected chi connectivity index (χ4v) is 4.84. The van der Waals surface area contributed by atoms with Gasteiger partial charge in [0.05, 0.1) is 17.2 Å². The molecule has 32 heavy (non-hydrogen) atoms. The first-order chi connectivity index (χ1) is 15.5. The maximum Gasteiger partial charge on any atom is 0.261 e. The molecule has 0 aliphatic heterocycles. The Hall–Kier alpha value is -3.09. The van der Waals surface area contributed by atoms with E-state index < -0.39 is 0 Å². The SMILES string of the molecule is Cc1cccc(-n2c(CNC(=O)c3cccs3)nnc2SCC(=O)Nc2nnc(C)s2)c1. The van der Waals surface area contributed by atoms with Gasteiger partial charge in [0.15, 0.2) is 11.0 Å². The van der Waals surface area contributed by atoms with E-state index in [1.54, 1.807) is 6.07 Å². The van der Waals surface area contributed by atoms with E-state index in [1.807, 2.05) is 54.1 Å². The van der Waals surface area contributed by atoms with Crippen molar-refractivity contribution < 1.29 is 9.59 Å². The molecule has 1 aromatic carbocycles. The summed E-state index contributed by atoms with van der Waals surface area (Å²) in [7, 11) is 0. The van der Waals surface area contributed by atoms with Crippen LogP contribution >= 0.6 is 34.4 Å². The summed E-state index contributed by atoms with van der Waals surface area (Å²) in [5, 5.41) is 25.6. The number of carbonyl (C=O) groups excluding carboxylic acids is 2. The van der Waals surface area contributed by atoms with Crippen molar-refractivity contribution in [2.45, 2.75) is 25.5 Å². The van der Waals surface area contributed by atoms with Gasteiger partial charge in [-0.2, -0.15) is 0 Å². The van der Waals surface area contributed by atoms with E-state index in [2.05, 4.69) is 31.0 Å². The van der Waals surface area contributed by atoms with Gasteiger partial charge in [-0.25, -0.2) is 0 Å². The molecule has 164 valence electrons. The van der Waals surface area contributed by atoms with Crippen LogP contribution in [0.15, 0.2) is 46.9 Å². The molecule has 0 bridgehead atoms. The molecule has 4 rings (SSSR count). The number of benzene rings is 1. The topological polar surface area (TPSA) is 115 Å². The molecule has 0 spiro atoms. The van der Waals surface area contributed by atoms with Crippen molar-refractivity contribution in [1.82, 2.24) is 30.3 Å². The summed E-state index contributed by atoms with van der Waals surface area (Å²) in [6.07, 6.45) is 0. The number of hydrogen-bond acceptors (Lipinski definition) is 9. The van der Waals surface area contributed by atoms with Crippen LogP contribution in [0.2, 0.25) is 0 Å². The molecule has 0 radical (unpaired) electrons. The molecule has 2 amide bonds. The molecule has 0 aliphatic rings. The summed E-state index contributed by atoms with van der Waals surface area (Å²) in [5.74, 6) is 0.324. The molecule has 0 saturated heterocycles. The molecule has 9 nitrogen and oxygen atoms in total. The Morgan fingerprint density at radius 1 is 1.09 bits per heavy atom. The van der Waals surface area contributed by atoms with Crippen LogP contribution in [0.1, 0.15) is 26.1 Å². The van der Waals surface area contributed by atoms with Crippen molar-refractivity contribution in [3.8, 4) is 5.69 Å². The van der Waals surface area contributed by atoms with Crippen LogP contribution in [-0.4, -0.2) is 42.5 Å². The fraction of sp³-hybridized carbons (Fsp3) is 0.200. The number of aromatic nitrogens is 5. The highest BCUT2D eigenvalue weighted by atomic mass is 32.2. The van der Waals surface area contributed by atoms with E-state index in [0.717, 1.165) is 16.3 Å². The summed E-state index contributed by atoms with van der Waals surface area (Å²) >= 11 is 3.95. The normalized spacial score (nSPS) is 10.8. The van der Waals surface area contributed by atoms with Crippen LogP contribution in [0.5, 0.6) is 0 Å². The second-order valence-corrected chi connectivity index (χ2v) is 9.77. The van der Waals surface area contributed by atoms with Crippen molar-refractivity contribution in [2.24, 2.45) is 0 Å². The van der Waals surface area contributed by atoms with Gasteiger partial charge in [-0.1, -0.05) is 41.3 Å². The zero-order valence-corrected chi connectivity index (χ0v) is 19.7. The molecule has 0 atom stereocenters. The average Bonchev–Trinajstić information content (AvgIpc) is 3.52. The molecule has 3 heterocycles. The summed E-state index contributed by atoms with van der Waals surface area (Å²) in [5.41, 5.74) is 1.93. The molecule has 2 N–H and O–H groups in total. The molecule has 0 saturated carbocycles. The third-order valence-electron chi connectivity index (χ3n) is 4.22. The Balaban J connectivity index is 1.51. The number of thiophene rings is 1. The first kappa shape index (κ1) is 22.1. The molecule has 4 aromatic rings. The fourth-order valence-electron chi connectivity index (χ4n) is 2.82. The third kappa shape index (κ3) is 5.39. The molecule has 0 unspecified atom stereocenters. The van der Waals surface area contributed by atoms with Gasteiger partial charge >= 0.3 is 0 Å². The van der Waals surface area contributed by atoms with Crippen molar-refractivity contribution in [3.05, 3.63) is 63.1 Å². The Labute approximate surface area is 196 Å². The van der Waals surface area contributed by atoms with Crippen LogP contribution < -0.4 is 10.6 Å². The minimum absolute atomic E-state index is 0.129. The Kier molecular flexibility index (Phi) is 6.93. The average molecular weight is 486 g/mol. The minimum Gasteiger partial charge on any atom is -0.344 e. The van der Waals surface area contributed by atoms with E-state index in [9.17, 15) is 9.59 Å². The minimum atomic E-state index is -0.211. The second-order valence-electron chi connectivity index (χ2n) is 6.70. The molecular formula is C20H19N7O2S3. The summed E-state index contributed by atoms with van der Waals surface area (Å²) < 4.78 is 1.86. The monoisotopic (exact) mass is 485 g/mol. The number of amides is 2. The van der Waals surface area contributed by atoms with Crippen molar-refractivity contribution in [1.29, 1.82) is 0 Å². The van der Waals surface area contributed by atoms with E-state index in [4.69, 9.17) is 0 Å². The summed E-state index contributed by atoms with van der Waals surface area (Å²) in [6.45, 7) is 4.02. The number of nitrogens with zero attached hydrogens (tertiary/aromatic N) is 5. The van der Waals surface area contributed by atoms with Crippen LogP contribution in [0.3, 0.4) is 0 Å². The summed E-state index contributed by atoms with van der Waals surface area (Å²) in [6, 6.07) is 11.5. The maximum absolute atomic E-state index is 12.4. The molecule has 0 fully saturated rings. The lowest BCUT2D eigenvalue weighted by Gasteiger charge is -2.11. The maximum atomic E-state index is 12.4. The number of hydrogen-bond donors (Lipinski definition) is 2. The molecule has 0 aliphatic carbocycles. The molecule has 12 heteroatoms. The van der Waals surface area contributed by atoms with E-state index in [1.165, 1.54) is 34.4 Å². The third-order valence-corrected chi connectivity index (χ3v) is 6.77. The van der Waals surface area contributed by atoms with E-state index in [0.29, 0.717) is 21.0 Å². The van der Waals surface area contributed by atoms with Gasteiger partial charge < -0.3 is 5.32 Å². The highest BCUT2D eigenvalue weighted by Crippen LogP contribution is 2.23. The predicted octanol–water partition coefficient (Wildman–Crippen LogP) is 3.46. The van der Waals surface area contributed by atoms with Gasteiger partial charge in [-0.15, -0.1) is 31.7 Å².